The minimum atomic E-state index is -0.103. The first-order valence-corrected chi connectivity index (χ1v) is 8.14. The zero-order valence-electron chi connectivity index (χ0n) is 14.1. The lowest BCUT2D eigenvalue weighted by atomic mass is 9.90. The van der Waals surface area contributed by atoms with Crippen LogP contribution in [0, 0.1) is 0 Å². The third-order valence-corrected chi connectivity index (χ3v) is 4.57. The molecule has 3 heteroatoms. The van der Waals surface area contributed by atoms with Crippen LogP contribution >= 0.6 is 0 Å². The maximum atomic E-state index is 6.08. The van der Waals surface area contributed by atoms with Gasteiger partial charge in [0.1, 0.15) is 11.4 Å². The van der Waals surface area contributed by atoms with Crippen molar-refractivity contribution in [3.05, 3.63) is 29.8 Å². The second-order valence-electron chi connectivity index (χ2n) is 6.85. The molecule has 21 heavy (non-hydrogen) atoms. The van der Waals surface area contributed by atoms with Crippen LogP contribution in [0.5, 0.6) is 5.75 Å². The molecule has 0 fully saturated rings. The van der Waals surface area contributed by atoms with E-state index in [1.54, 1.807) is 0 Å². The molecule has 0 radical (unpaired) electrons. The molecule has 1 aliphatic heterocycles. The summed E-state index contributed by atoms with van der Waals surface area (Å²) < 4.78 is 6.08. The van der Waals surface area contributed by atoms with Crippen LogP contribution in [-0.4, -0.2) is 36.7 Å². The zero-order chi connectivity index (χ0) is 15.5. The third-order valence-electron chi connectivity index (χ3n) is 4.57. The molecule has 2 rings (SSSR count). The van der Waals surface area contributed by atoms with E-state index in [1.807, 2.05) is 6.07 Å². The lowest BCUT2D eigenvalue weighted by Crippen LogP contribution is -2.42. The molecule has 2 atom stereocenters. The molecule has 1 aromatic carbocycles. The van der Waals surface area contributed by atoms with Crippen molar-refractivity contribution in [2.75, 3.05) is 20.1 Å². The van der Waals surface area contributed by atoms with Crippen molar-refractivity contribution in [3.8, 4) is 5.75 Å². The number of hydrogen-bond donors (Lipinski definition) is 1. The molecular formula is C18H30N2O. The van der Waals surface area contributed by atoms with Gasteiger partial charge in [0.25, 0.3) is 0 Å². The summed E-state index contributed by atoms with van der Waals surface area (Å²) in [6.07, 6.45) is 2.21. The molecule has 0 spiro atoms. The number of nitrogens with one attached hydrogen (secondary N) is 1. The third kappa shape index (κ3) is 4.21. The summed E-state index contributed by atoms with van der Waals surface area (Å²) in [7, 11) is 2.21. The lowest BCUT2D eigenvalue weighted by Gasteiger charge is -2.38. The van der Waals surface area contributed by atoms with Crippen LogP contribution in [0.1, 0.15) is 52.1 Å². The smallest absolute Gasteiger partial charge is 0.124 e. The van der Waals surface area contributed by atoms with Gasteiger partial charge in [-0.3, -0.25) is 0 Å². The van der Waals surface area contributed by atoms with Gasteiger partial charge in [-0.15, -0.1) is 0 Å². The second kappa shape index (κ2) is 6.80. The molecule has 0 bridgehead atoms. The van der Waals surface area contributed by atoms with Crippen molar-refractivity contribution in [2.24, 2.45) is 0 Å². The van der Waals surface area contributed by atoms with E-state index in [0.29, 0.717) is 12.1 Å². The molecule has 1 aliphatic rings. The van der Waals surface area contributed by atoms with Gasteiger partial charge >= 0.3 is 0 Å². The average Bonchev–Trinajstić information content (AvgIpc) is 2.45. The highest BCUT2D eigenvalue weighted by molar-refractivity contribution is 5.38. The van der Waals surface area contributed by atoms with Gasteiger partial charge in [0.15, 0.2) is 0 Å². The van der Waals surface area contributed by atoms with Crippen molar-refractivity contribution in [1.29, 1.82) is 0 Å². The average molecular weight is 290 g/mol. The zero-order valence-corrected chi connectivity index (χ0v) is 14.1. The molecule has 0 amide bonds. The van der Waals surface area contributed by atoms with Crippen LogP contribution < -0.4 is 10.1 Å². The Morgan fingerprint density at radius 2 is 2.10 bits per heavy atom. The highest BCUT2D eigenvalue weighted by Crippen LogP contribution is 2.38. The summed E-state index contributed by atoms with van der Waals surface area (Å²) in [5.74, 6) is 1.03. The molecule has 0 aromatic heterocycles. The molecule has 1 aromatic rings. The highest BCUT2D eigenvalue weighted by Gasteiger charge is 2.33. The molecule has 0 saturated carbocycles. The van der Waals surface area contributed by atoms with Gasteiger partial charge < -0.3 is 15.0 Å². The summed E-state index contributed by atoms with van der Waals surface area (Å²) >= 11 is 0. The fourth-order valence-electron chi connectivity index (χ4n) is 2.93. The van der Waals surface area contributed by atoms with E-state index in [0.717, 1.165) is 25.3 Å². The first-order chi connectivity index (χ1) is 9.93. The fraction of sp³-hybridized carbons (Fsp3) is 0.667. The number of nitrogens with zero attached hydrogens (tertiary/aromatic N) is 1. The van der Waals surface area contributed by atoms with Crippen molar-refractivity contribution >= 4 is 0 Å². The van der Waals surface area contributed by atoms with Gasteiger partial charge in [-0.2, -0.15) is 0 Å². The lowest BCUT2D eigenvalue weighted by molar-refractivity contribution is 0.0654. The Hall–Kier alpha value is -1.06. The molecule has 2 unspecified atom stereocenters. The summed E-state index contributed by atoms with van der Waals surface area (Å²) in [6, 6.07) is 9.44. The Morgan fingerprint density at radius 1 is 1.38 bits per heavy atom. The highest BCUT2D eigenvalue weighted by atomic mass is 16.5. The molecule has 0 aliphatic carbocycles. The van der Waals surface area contributed by atoms with Crippen LogP contribution in [-0.2, 0) is 0 Å². The predicted molar refractivity (Wildman–Crippen MR) is 88.9 cm³/mol. The summed E-state index contributed by atoms with van der Waals surface area (Å²) in [5, 5.41) is 3.72. The number of likely N-dealkylation sites (N-methyl/N-ethyl adjacent to an activating group) is 1. The van der Waals surface area contributed by atoms with Gasteiger partial charge in [-0.05, 0) is 40.3 Å². The first-order valence-electron chi connectivity index (χ1n) is 8.14. The molecule has 1 heterocycles. The summed E-state index contributed by atoms with van der Waals surface area (Å²) in [4.78, 5) is 2.42. The van der Waals surface area contributed by atoms with Gasteiger partial charge in [0.05, 0.1) is 0 Å². The van der Waals surface area contributed by atoms with Crippen molar-refractivity contribution < 1.29 is 4.74 Å². The van der Waals surface area contributed by atoms with Crippen LogP contribution in [0.2, 0.25) is 0 Å². The number of benzene rings is 1. The van der Waals surface area contributed by atoms with E-state index in [2.05, 4.69) is 63.2 Å². The Balaban J connectivity index is 1.97. The maximum Gasteiger partial charge on any atom is 0.124 e. The molecule has 118 valence electrons. The largest absolute Gasteiger partial charge is 0.487 e. The van der Waals surface area contributed by atoms with E-state index >= 15 is 0 Å². The van der Waals surface area contributed by atoms with Crippen molar-refractivity contribution in [1.82, 2.24) is 10.2 Å². The number of rotatable bonds is 6. The quantitative estimate of drug-likeness (QED) is 0.866. The summed E-state index contributed by atoms with van der Waals surface area (Å²) in [6.45, 7) is 11.0. The Labute approximate surface area is 129 Å². The Kier molecular flexibility index (Phi) is 5.28. The maximum absolute atomic E-state index is 6.08. The number of para-hydroxylation sites is 1. The SMILES string of the molecule is CCC(C)N(C)CCNC1CC(C)(C)Oc2ccccc21. The molecule has 3 nitrogen and oxygen atoms in total. The second-order valence-corrected chi connectivity index (χ2v) is 6.85. The topological polar surface area (TPSA) is 24.5 Å². The minimum Gasteiger partial charge on any atom is -0.487 e. The molecular weight excluding hydrogens is 260 g/mol. The van der Waals surface area contributed by atoms with Gasteiger partial charge in [0, 0.05) is 37.2 Å². The van der Waals surface area contributed by atoms with Crippen LogP contribution in [0.25, 0.3) is 0 Å². The monoisotopic (exact) mass is 290 g/mol. The standard InChI is InChI=1S/C18H30N2O/c1-6-14(2)20(5)12-11-19-16-13-18(3,4)21-17-10-8-7-9-15(16)17/h7-10,14,16,19H,6,11-13H2,1-5H3. The van der Waals surface area contributed by atoms with Crippen LogP contribution in [0.4, 0.5) is 0 Å². The van der Waals surface area contributed by atoms with Crippen LogP contribution in [0.3, 0.4) is 0 Å². The van der Waals surface area contributed by atoms with Crippen molar-refractivity contribution in [2.45, 2.75) is 58.2 Å². The normalized spacial score (nSPS) is 21.7. The Morgan fingerprint density at radius 3 is 2.81 bits per heavy atom. The van der Waals surface area contributed by atoms with Crippen molar-refractivity contribution in [3.63, 3.8) is 0 Å². The molecule has 0 saturated heterocycles. The van der Waals surface area contributed by atoms with E-state index in [-0.39, 0.29) is 5.60 Å². The fourth-order valence-corrected chi connectivity index (χ4v) is 2.93. The van der Waals surface area contributed by atoms with Gasteiger partial charge in [-0.25, -0.2) is 0 Å². The number of ether oxygens (including phenoxy) is 1. The van der Waals surface area contributed by atoms with Crippen LogP contribution in [0.15, 0.2) is 24.3 Å². The van der Waals surface area contributed by atoms with E-state index in [1.165, 1.54) is 12.0 Å². The number of fused-ring (bicyclic) bond motifs is 1. The molecule has 1 N–H and O–H groups in total. The van der Waals surface area contributed by atoms with E-state index in [9.17, 15) is 0 Å². The van der Waals surface area contributed by atoms with Gasteiger partial charge in [0.2, 0.25) is 0 Å². The van der Waals surface area contributed by atoms with Gasteiger partial charge in [-0.1, -0.05) is 25.1 Å². The Bertz CT molecular complexity index is 458. The first kappa shape index (κ1) is 16.3. The van der Waals surface area contributed by atoms with E-state index < -0.39 is 0 Å². The summed E-state index contributed by atoms with van der Waals surface area (Å²) in [5.41, 5.74) is 1.19. The number of hydrogen-bond acceptors (Lipinski definition) is 3. The predicted octanol–water partition coefficient (Wildman–Crippen LogP) is 3.61. The minimum absolute atomic E-state index is 0.103. The van der Waals surface area contributed by atoms with E-state index in [4.69, 9.17) is 4.74 Å².